The van der Waals surface area contributed by atoms with Gasteiger partial charge in [0.05, 0.1) is 7.11 Å². The average molecular weight is 386 g/mol. The van der Waals surface area contributed by atoms with Crippen LogP contribution in [0.5, 0.6) is 5.75 Å². The number of benzene rings is 1. The van der Waals surface area contributed by atoms with Crippen LogP contribution in [0.2, 0.25) is 0 Å². The molecule has 3 aliphatic rings. The maximum Gasteiger partial charge on any atom is 0.225 e. The molecule has 1 aromatic rings. The molecule has 6 nitrogen and oxygen atoms in total. The summed E-state index contributed by atoms with van der Waals surface area (Å²) in [4.78, 5) is 31.5. The lowest BCUT2D eigenvalue weighted by Crippen LogP contribution is -2.51. The monoisotopic (exact) mass is 385 g/mol. The second kappa shape index (κ2) is 8.52. The van der Waals surface area contributed by atoms with Crippen LogP contribution in [0.3, 0.4) is 0 Å². The van der Waals surface area contributed by atoms with Crippen LogP contribution in [0.1, 0.15) is 31.2 Å². The van der Waals surface area contributed by atoms with Crippen molar-refractivity contribution in [2.45, 2.75) is 32.2 Å². The number of carbonyl (C=O) groups is 2. The van der Waals surface area contributed by atoms with Crippen molar-refractivity contribution in [1.29, 1.82) is 0 Å². The fourth-order valence-electron chi connectivity index (χ4n) is 4.31. The van der Waals surface area contributed by atoms with Crippen molar-refractivity contribution >= 4 is 11.8 Å². The first-order valence-corrected chi connectivity index (χ1v) is 10.6. The van der Waals surface area contributed by atoms with Crippen molar-refractivity contribution in [2.75, 3.05) is 46.4 Å². The minimum Gasteiger partial charge on any atom is -0.497 e. The molecule has 152 valence electrons. The smallest absolute Gasteiger partial charge is 0.225 e. The van der Waals surface area contributed by atoms with E-state index in [1.54, 1.807) is 7.11 Å². The summed E-state index contributed by atoms with van der Waals surface area (Å²) >= 11 is 0. The van der Waals surface area contributed by atoms with E-state index in [0.717, 1.165) is 77.2 Å². The summed E-state index contributed by atoms with van der Waals surface area (Å²) in [6.45, 7) is 5.85. The van der Waals surface area contributed by atoms with E-state index in [1.165, 1.54) is 5.56 Å². The van der Waals surface area contributed by atoms with Gasteiger partial charge in [0.25, 0.3) is 0 Å². The number of likely N-dealkylation sites (tertiary alicyclic amines) is 1. The zero-order valence-corrected chi connectivity index (χ0v) is 16.8. The Bertz CT molecular complexity index is 685. The fourth-order valence-corrected chi connectivity index (χ4v) is 4.31. The molecule has 0 unspecified atom stereocenters. The lowest BCUT2D eigenvalue weighted by molar-refractivity contribution is -0.142. The zero-order chi connectivity index (χ0) is 19.5. The first-order chi connectivity index (χ1) is 13.6. The normalized spacial score (nSPS) is 21.6. The van der Waals surface area contributed by atoms with Crippen molar-refractivity contribution < 1.29 is 14.3 Å². The highest BCUT2D eigenvalue weighted by Crippen LogP contribution is 2.32. The predicted octanol–water partition coefficient (Wildman–Crippen LogP) is 1.99. The summed E-state index contributed by atoms with van der Waals surface area (Å²) < 4.78 is 5.21. The number of nitrogens with zero attached hydrogens (tertiary/aromatic N) is 3. The van der Waals surface area contributed by atoms with E-state index in [9.17, 15) is 9.59 Å². The third-order valence-electron chi connectivity index (χ3n) is 6.33. The molecule has 2 saturated heterocycles. The van der Waals surface area contributed by atoms with Crippen LogP contribution in [0, 0.1) is 11.8 Å². The van der Waals surface area contributed by atoms with E-state index >= 15 is 0 Å². The Kier molecular flexibility index (Phi) is 5.85. The molecular weight excluding hydrogens is 354 g/mol. The molecule has 28 heavy (non-hydrogen) atoms. The topological polar surface area (TPSA) is 53.1 Å². The molecule has 6 heteroatoms. The van der Waals surface area contributed by atoms with E-state index in [4.69, 9.17) is 4.74 Å². The van der Waals surface area contributed by atoms with Gasteiger partial charge in [0, 0.05) is 57.6 Å². The van der Waals surface area contributed by atoms with Gasteiger partial charge in [-0.1, -0.05) is 12.1 Å². The molecule has 1 aliphatic carbocycles. The van der Waals surface area contributed by atoms with Gasteiger partial charge in [0.15, 0.2) is 0 Å². The highest BCUT2D eigenvalue weighted by atomic mass is 16.5. The van der Waals surface area contributed by atoms with Crippen LogP contribution >= 0.6 is 0 Å². The SMILES string of the molecule is COc1ccc(CN2CCN(C(=O)C3CCN(C(=O)C4CC4)CC3)CC2)cc1. The first kappa shape index (κ1) is 19.2. The molecule has 4 rings (SSSR count). The summed E-state index contributed by atoms with van der Waals surface area (Å²) in [6, 6.07) is 8.20. The number of hydrogen-bond acceptors (Lipinski definition) is 4. The second-order valence-corrected chi connectivity index (χ2v) is 8.32. The Balaban J connectivity index is 1.21. The predicted molar refractivity (Wildman–Crippen MR) is 107 cm³/mol. The second-order valence-electron chi connectivity index (χ2n) is 8.32. The average Bonchev–Trinajstić information content (AvgIpc) is 3.59. The Morgan fingerprint density at radius 2 is 1.36 bits per heavy atom. The molecule has 3 fully saturated rings. The number of amides is 2. The summed E-state index contributed by atoms with van der Waals surface area (Å²) in [5.74, 6) is 1.87. The van der Waals surface area contributed by atoms with Crippen molar-refractivity contribution in [3.8, 4) is 5.75 Å². The van der Waals surface area contributed by atoms with Gasteiger partial charge in [-0.15, -0.1) is 0 Å². The zero-order valence-electron chi connectivity index (χ0n) is 16.8. The third kappa shape index (κ3) is 4.49. The Labute approximate surface area is 167 Å². The quantitative estimate of drug-likeness (QED) is 0.778. The van der Waals surface area contributed by atoms with E-state index in [0.29, 0.717) is 11.8 Å². The molecule has 0 bridgehead atoms. The minimum absolute atomic E-state index is 0.0939. The highest BCUT2D eigenvalue weighted by molar-refractivity contribution is 5.82. The number of ether oxygens (including phenoxy) is 1. The number of methoxy groups -OCH3 is 1. The van der Waals surface area contributed by atoms with Crippen molar-refractivity contribution in [2.24, 2.45) is 11.8 Å². The largest absolute Gasteiger partial charge is 0.497 e. The maximum absolute atomic E-state index is 12.9. The van der Waals surface area contributed by atoms with Crippen LogP contribution in [0.15, 0.2) is 24.3 Å². The fraction of sp³-hybridized carbons (Fsp3) is 0.636. The van der Waals surface area contributed by atoms with Crippen LogP contribution in [0.4, 0.5) is 0 Å². The first-order valence-electron chi connectivity index (χ1n) is 10.6. The van der Waals surface area contributed by atoms with Gasteiger partial charge in [-0.2, -0.15) is 0 Å². The number of piperazine rings is 1. The van der Waals surface area contributed by atoms with Gasteiger partial charge in [-0.05, 0) is 43.4 Å². The van der Waals surface area contributed by atoms with Gasteiger partial charge in [0.2, 0.25) is 11.8 Å². The Morgan fingerprint density at radius 1 is 0.821 bits per heavy atom. The van der Waals surface area contributed by atoms with E-state index in [2.05, 4.69) is 17.0 Å². The lowest BCUT2D eigenvalue weighted by Gasteiger charge is -2.38. The maximum atomic E-state index is 12.9. The molecule has 2 amide bonds. The minimum atomic E-state index is 0.0939. The van der Waals surface area contributed by atoms with Crippen LogP contribution < -0.4 is 4.74 Å². The Morgan fingerprint density at radius 3 is 1.89 bits per heavy atom. The number of hydrogen-bond donors (Lipinski definition) is 0. The lowest BCUT2D eigenvalue weighted by atomic mass is 9.94. The van der Waals surface area contributed by atoms with Crippen molar-refractivity contribution in [1.82, 2.24) is 14.7 Å². The van der Waals surface area contributed by atoms with Gasteiger partial charge in [0.1, 0.15) is 5.75 Å². The number of rotatable bonds is 5. The van der Waals surface area contributed by atoms with E-state index in [1.807, 2.05) is 21.9 Å². The third-order valence-corrected chi connectivity index (χ3v) is 6.33. The molecule has 0 aromatic heterocycles. The van der Waals surface area contributed by atoms with E-state index in [-0.39, 0.29) is 11.8 Å². The summed E-state index contributed by atoms with van der Waals surface area (Å²) in [6.07, 6.45) is 3.75. The summed E-state index contributed by atoms with van der Waals surface area (Å²) in [7, 11) is 1.68. The van der Waals surface area contributed by atoms with Crippen molar-refractivity contribution in [3.63, 3.8) is 0 Å². The molecule has 1 saturated carbocycles. The van der Waals surface area contributed by atoms with Gasteiger partial charge < -0.3 is 14.5 Å². The van der Waals surface area contributed by atoms with Gasteiger partial charge >= 0.3 is 0 Å². The van der Waals surface area contributed by atoms with Crippen molar-refractivity contribution in [3.05, 3.63) is 29.8 Å². The molecule has 0 spiro atoms. The molecular formula is C22H31N3O3. The summed E-state index contributed by atoms with van der Waals surface area (Å²) in [5.41, 5.74) is 1.27. The van der Waals surface area contributed by atoms with Crippen LogP contribution in [-0.2, 0) is 16.1 Å². The van der Waals surface area contributed by atoms with Crippen LogP contribution in [0.25, 0.3) is 0 Å². The van der Waals surface area contributed by atoms with E-state index < -0.39 is 0 Å². The molecule has 0 radical (unpaired) electrons. The number of piperidine rings is 1. The molecule has 1 aromatic carbocycles. The molecule has 0 N–H and O–H groups in total. The number of carbonyl (C=O) groups excluding carboxylic acids is 2. The Hall–Kier alpha value is -2.08. The standard InChI is InChI=1S/C22H31N3O3/c1-28-20-6-2-17(3-7-20)16-23-12-14-25(15-13-23)22(27)19-8-10-24(11-9-19)21(26)18-4-5-18/h2-3,6-7,18-19H,4-5,8-16H2,1H3. The van der Waals surface area contributed by atoms with Gasteiger partial charge in [-0.25, -0.2) is 0 Å². The highest BCUT2D eigenvalue weighted by Gasteiger charge is 2.37. The van der Waals surface area contributed by atoms with Gasteiger partial charge in [-0.3, -0.25) is 14.5 Å². The molecule has 2 heterocycles. The molecule has 0 atom stereocenters. The van der Waals surface area contributed by atoms with Crippen LogP contribution in [-0.4, -0.2) is 72.9 Å². The summed E-state index contributed by atoms with van der Waals surface area (Å²) in [5, 5.41) is 0. The molecule has 2 aliphatic heterocycles.